The molecule has 0 amide bonds. The largest absolute Gasteiger partial charge is 0.356 e. The van der Waals surface area contributed by atoms with Gasteiger partial charge in [0.1, 0.15) is 0 Å². The van der Waals surface area contributed by atoms with Crippen LogP contribution in [0.3, 0.4) is 0 Å². The molecule has 0 rings (SSSR count). The summed E-state index contributed by atoms with van der Waals surface area (Å²) in [5.41, 5.74) is 1.05. The molecule has 2 heteroatoms. The molecule has 9 heavy (non-hydrogen) atoms. The van der Waals surface area contributed by atoms with Crippen molar-refractivity contribution in [1.29, 1.82) is 0 Å². The van der Waals surface area contributed by atoms with Crippen LogP contribution >= 0.6 is 0 Å². The van der Waals surface area contributed by atoms with E-state index in [-0.39, 0.29) is 0 Å². The highest BCUT2D eigenvalue weighted by atomic mass is 14.6. The molecule has 0 bridgehead atoms. The van der Waals surface area contributed by atoms with Crippen molar-refractivity contribution >= 4 is 13.7 Å². The molecular formula is C7H12BN. The molecule has 0 fully saturated rings. The Morgan fingerprint density at radius 3 is 2.56 bits per heavy atom. The van der Waals surface area contributed by atoms with Crippen molar-refractivity contribution in [3.63, 3.8) is 0 Å². The van der Waals surface area contributed by atoms with E-state index in [4.69, 9.17) is 0 Å². The lowest BCUT2D eigenvalue weighted by Crippen LogP contribution is -1.81. The number of rotatable bonds is 2. The van der Waals surface area contributed by atoms with Gasteiger partial charge >= 0.3 is 0 Å². The van der Waals surface area contributed by atoms with Crippen LogP contribution in [0.5, 0.6) is 0 Å². The summed E-state index contributed by atoms with van der Waals surface area (Å²) in [6, 6.07) is 0. The van der Waals surface area contributed by atoms with Gasteiger partial charge in [-0.3, -0.25) is 0 Å². The SMILES string of the molecule is B/N=C(C)/C=C\C=C/C. The van der Waals surface area contributed by atoms with Gasteiger partial charge in [-0.1, -0.05) is 18.2 Å². The maximum Gasteiger partial charge on any atom is 0.244 e. The molecule has 0 aromatic carbocycles. The Morgan fingerprint density at radius 1 is 1.44 bits per heavy atom. The molecule has 1 nitrogen and oxygen atoms in total. The van der Waals surface area contributed by atoms with Crippen LogP contribution in [0.4, 0.5) is 0 Å². The van der Waals surface area contributed by atoms with E-state index in [9.17, 15) is 0 Å². The van der Waals surface area contributed by atoms with Crippen LogP contribution in [0, 0.1) is 0 Å². The van der Waals surface area contributed by atoms with Gasteiger partial charge in [0, 0.05) is 5.71 Å². The van der Waals surface area contributed by atoms with Crippen LogP contribution in [0.15, 0.2) is 29.2 Å². The highest BCUT2D eigenvalue weighted by Gasteiger charge is 1.72. The van der Waals surface area contributed by atoms with E-state index < -0.39 is 0 Å². The van der Waals surface area contributed by atoms with Crippen LogP contribution in [-0.2, 0) is 0 Å². The molecule has 0 aliphatic heterocycles. The summed E-state index contributed by atoms with van der Waals surface area (Å²) in [7, 11) is 1.79. The first-order valence-electron chi connectivity index (χ1n) is 3.04. The Hall–Kier alpha value is -0.785. The molecule has 0 heterocycles. The first-order chi connectivity index (χ1) is 4.31. The van der Waals surface area contributed by atoms with Crippen molar-refractivity contribution in [1.82, 2.24) is 0 Å². The van der Waals surface area contributed by atoms with E-state index in [1.54, 1.807) is 7.98 Å². The van der Waals surface area contributed by atoms with Crippen LogP contribution < -0.4 is 0 Å². The molecule has 0 radical (unpaired) electrons. The third-order valence-corrected chi connectivity index (χ3v) is 0.994. The molecule has 0 N–H and O–H groups in total. The predicted molar refractivity (Wildman–Crippen MR) is 45.6 cm³/mol. The van der Waals surface area contributed by atoms with Gasteiger partial charge in [0.15, 0.2) is 0 Å². The molecule has 0 aromatic rings. The number of nitrogens with zero attached hydrogens (tertiary/aromatic N) is 1. The molecule has 0 aliphatic rings. The van der Waals surface area contributed by atoms with E-state index in [0.29, 0.717) is 0 Å². The summed E-state index contributed by atoms with van der Waals surface area (Å²) in [5.74, 6) is 0. The molecule has 48 valence electrons. The van der Waals surface area contributed by atoms with Crippen molar-refractivity contribution in [3.05, 3.63) is 24.3 Å². The minimum Gasteiger partial charge on any atom is -0.356 e. The fourth-order valence-corrected chi connectivity index (χ4v) is 0.380. The van der Waals surface area contributed by atoms with Crippen LogP contribution in [-0.4, -0.2) is 13.7 Å². The second kappa shape index (κ2) is 5.35. The van der Waals surface area contributed by atoms with Gasteiger partial charge in [0.2, 0.25) is 7.98 Å². The zero-order chi connectivity index (χ0) is 7.11. The van der Waals surface area contributed by atoms with Gasteiger partial charge in [-0.05, 0) is 19.9 Å². The first-order valence-corrected chi connectivity index (χ1v) is 3.04. The lowest BCUT2D eigenvalue weighted by atomic mass is 10.3. The molecular weight excluding hydrogens is 109 g/mol. The lowest BCUT2D eigenvalue weighted by molar-refractivity contribution is 1.71. The van der Waals surface area contributed by atoms with Crippen molar-refractivity contribution < 1.29 is 0 Å². The standard InChI is InChI=1S/C7H12BN/c1-3-4-5-6-7(2)9-8/h3-6H,8H2,1-2H3/b4-3-,6-5-,9-7+. The highest BCUT2D eigenvalue weighted by molar-refractivity contribution is 6.14. The number of hydrogen-bond donors (Lipinski definition) is 0. The minimum absolute atomic E-state index is 1.05. The third-order valence-electron chi connectivity index (χ3n) is 0.994. The van der Waals surface area contributed by atoms with Gasteiger partial charge in [0.25, 0.3) is 0 Å². The fraction of sp³-hybridized carbons (Fsp3) is 0.286. The van der Waals surface area contributed by atoms with Crippen molar-refractivity contribution in [3.8, 4) is 0 Å². The van der Waals surface area contributed by atoms with Crippen LogP contribution in [0.25, 0.3) is 0 Å². The molecule has 0 spiro atoms. The van der Waals surface area contributed by atoms with Gasteiger partial charge in [-0.15, -0.1) is 0 Å². The molecule has 0 aliphatic carbocycles. The van der Waals surface area contributed by atoms with E-state index in [0.717, 1.165) is 5.71 Å². The summed E-state index contributed by atoms with van der Waals surface area (Å²) >= 11 is 0. The van der Waals surface area contributed by atoms with Crippen LogP contribution in [0.2, 0.25) is 0 Å². The second-order valence-corrected chi connectivity index (χ2v) is 1.75. The maximum absolute atomic E-state index is 3.96. The van der Waals surface area contributed by atoms with Crippen molar-refractivity contribution in [2.24, 2.45) is 4.90 Å². The quantitative estimate of drug-likeness (QED) is 0.295. The summed E-state index contributed by atoms with van der Waals surface area (Å²) in [6.45, 7) is 3.96. The van der Waals surface area contributed by atoms with Gasteiger partial charge < -0.3 is 4.90 Å². The molecule has 0 saturated carbocycles. The summed E-state index contributed by atoms with van der Waals surface area (Å²) < 4.78 is 0. The minimum atomic E-state index is 1.05. The molecule has 0 atom stereocenters. The van der Waals surface area contributed by atoms with Crippen molar-refractivity contribution in [2.75, 3.05) is 0 Å². The zero-order valence-electron chi connectivity index (χ0n) is 6.26. The summed E-state index contributed by atoms with van der Waals surface area (Å²) in [5, 5.41) is 0. The topological polar surface area (TPSA) is 12.4 Å². The second-order valence-electron chi connectivity index (χ2n) is 1.75. The Bertz CT molecular complexity index is 145. The van der Waals surface area contributed by atoms with Gasteiger partial charge in [-0.2, -0.15) is 0 Å². The van der Waals surface area contributed by atoms with Crippen LogP contribution in [0.1, 0.15) is 13.8 Å². The van der Waals surface area contributed by atoms with E-state index in [1.807, 2.05) is 38.2 Å². The van der Waals surface area contributed by atoms with Crippen molar-refractivity contribution in [2.45, 2.75) is 13.8 Å². The normalized spacial score (nSPS) is 13.8. The maximum atomic E-state index is 3.96. The molecule has 0 aromatic heterocycles. The summed E-state index contributed by atoms with van der Waals surface area (Å²) in [6.07, 6.45) is 7.91. The fourth-order valence-electron chi connectivity index (χ4n) is 0.380. The van der Waals surface area contributed by atoms with E-state index in [2.05, 4.69) is 4.90 Å². The Morgan fingerprint density at radius 2 is 2.11 bits per heavy atom. The zero-order valence-corrected chi connectivity index (χ0v) is 6.26. The third kappa shape index (κ3) is 5.08. The van der Waals surface area contributed by atoms with Gasteiger partial charge in [0.05, 0.1) is 0 Å². The van der Waals surface area contributed by atoms with E-state index >= 15 is 0 Å². The van der Waals surface area contributed by atoms with Gasteiger partial charge in [-0.25, -0.2) is 0 Å². The molecule has 0 saturated heterocycles. The average molecular weight is 121 g/mol. The number of hydrogen-bond acceptors (Lipinski definition) is 1. The Balaban J connectivity index is 3.71. The average Bonchev–Trinajstić information content (AvgIpc) is 1.89. The smallest absolute Gasteiger partial charge is 0.244 e. The highest BCUT2D eigenvalue weighted by Crippen LogP contribution is 1.79. The Labute approximate surface area is 57.6 Å². The predicted octanol–water partition coefficient (Wildman–Crippen LogP) is 1.13. The first kappa shape index (κ1) is 8.21. The molecule has 0 unspecified atom stereocenters. The lowest BCUT2D eigenvalue weighted by Gasteiger charge is -1.82. The Kier molecular flexibility index (Phi) is 4.89. The summed E-state index contributed by atoms with van der Waals surface area (Å²) in [4.78, 5) is 3.96. The van der Waals surface area contributed by atoms with E-state index in [1.165, 1.54) is 0 Å². The monoisotopic (exact) mass is 121 g/mol. The number of allylic oxidation sites excluding steroid dienone is 4.